The molecule has 0 spiro atoms. The second-order valence-electron chi connectivity index (χ2n) is 6.22. The third kappa shape index (κ3) is 4.83. The molecule has 0 saturated carbocycles. The normalized spacial score (nSPS) is 17.2. The van der Waals surface area contributed by atoms with Crippen LogP contribution < -0.4 is 15.4 Å². The van der Waals surface area contributed by atoms with Gasteiger partial charge in [0.1, 0.15) is 12.4 Å². The predicted molar refractivity (Wildman–Crippen MR) is 95.1 cm³/mol. The minimum absolute atomic E-state index is 0.00361. The number of piperidine rings is 1. The summed E-state index contributed by atoms with van der Waals surface area (Å²) in [5.41, 5.74) is 1.74. The minimum Gasteiger partial charge on any atom is -0.489 e. The number of amides is 1. The van der Waals surface area contributed by atoms with E-state index < -0.39 is 0 Å². The fourth-order valence-electron chi connectivity index (χ4n) is 2.87. The van der Waals surface area contributed by atoms with Gasteiger partial charge in [-0.2, -0.15) is 0 Å². The predicted octanol–water partition coefficient (Wildman–Crippen LogP) is 3.00. The lowest BCUT2D eigenvalue weighted by Gasteiger charge is -2.22. The summed E-state index contributed by atoms with van der Waals surface area (Å²) in [5, 5.41) is 6.40. The van der Waals surface area contributed by atoms with Gasteiger partial charge in [-0.15, -0.1) is 0 Å². The standard InChI is InChI=1S/C20H24N2O2/c23-20(22-14-17-5-4-12-21-13-17)18-10-8-16(9-11-18)15-24-19-6-2-1-3-7-19/h1-3,6-11,17,21H,4-5,12-15H2,(H,22,23). The fraction of sp³-hybridized carbons (Fsp3) is 0.350. The Morgan fingerprint density at radius 3 is 2.62 bits per heavy atom. The monoisotopic (exact) mass is 324 g/mol. The second-order valence-corrected chi connectivity index (χ2v) is 6.22. The van der Waals surface area contributed by atoms with Gasteiger partial charge < -0.3 is 15.4 Å². The van der Waals surface area contributed by atoms with Crippen LogP contribution in [0, 0.1) is 5.92 Å². The first-order valence-corrected chi connectivity index (χ1v) is 8.57. The minimum atomic E-state index is -0.00361. The van der Waals surface area contributed by atoms with Crippen LogP contribution in [0.3, 0.4) is 0 Å². The van der Waals surface area contributed by atoms with Gasteiger partial charge >= 0.3 is 0 Å². The Balaban J connectivity index is 1.47. The SMILES string of the molecule is O=C(NCC1CCCNC1)c1ccc(COc2ccccc2)cc1. The van der Waals surface area contributed by atoms with E-state index in [9.17, 15) is 4.79 Å². The van der Waals surface area contributed by atoms with Crippen molar-refractivity contribution in [3.05, 3.63) is 65.7 Å². The molecule has 0 aromatic heterocycles. The van der Waals surface area contributed by atoms with Gasteiger partial charge in [0, 0.05) is 12.1 Å². The molecule has 24 heavy (non-hydrogen) atoms. The number of benzene rings is 2. The molecule has 1 heterocycles. The molecule has 1 aliphatic heterocycles. The zero-order valence-electron chi connectivity index (χ0n) is 13.8. The molecule has 1 atom stereocenters. The molecule has 0 radical (unpaired) electrons. The van der Waals surface area contributed by atoms with E-state index in [0.29, 0.717) is 18.1 Å². The Hall–Kier alpha value is -2.33. The number of rotatable bonds is 6. The van der Waals surface area contributed by atoms with Gasteiger partial charge in [-0.05, 0) is 61.7 Å². The molecule has 3 rings (SSSR count). The Morgan fingerprint density at radius 1 is 1.12 bits per heavy atom. The first-order valence-electron chi connectivity index (χ1n) is 8.57. The molecule has 1 amide bonds. The Bertz CT molecular complexity index is 634. The van der Waals surface area contributed by atoms with Crippen molar-refractivity contribution >= 4 is 5.91 Å². The lowest BCUT2D eigenvalue weighted by molar-refractivity contribution is 0.0945. The quantitative estimate of drug-likeness (QED) is 0.859. The van der Waals surface area contributed by atoms with E-state index in [4.69, 9.17) is 4.74 Å². The Kier molecular flexibility index (Phi) is 5.85. The van der Waals surface area contributed by atoms with Crippen LogP contribution in [0.5, 0.6) is 5.75 Å². The van der Waals surface area contributed by atoms with Crippen molar-refractivity contribution in [2.75, 3.05) is 19.6 Å². The first-order chi connectivity index (χ1) is 11.8. The smallest absolute Gasteiger partial charge is 0.251 e. The molecule has 0 bridgehead atoms. The number of hydrogen-bond donors (Lipinski definition) is 2. The molecule has 1 aliphatic rings. The first kappa shape index (κ1) is 16.5. The number of carbonyl (C=O) groups excluding carboxylic acids is 1. The van der Waals surface area contributed by atoms with Crippen LogP contribution in [0.15, 0.2) is 54.6 Å². The summed E-state index contributed by atoms with van der Waals surface area (Å²) < 4.78 is 5.71. The highest BCUT2D eigenvalue weighted by Gasteiger charge is 2.14. The third-order valence-electron chi connectivity index (χ3n) is 4.32. The highest BCUT2D eigenvalue weighted by atomic mass is 16.5. The number of para-hydroxylation sites is 1. The van der Waals surface area contributed by atoms with Crippen LogP contribution in [0.4, 0.5) is 0 Å². The maximum atomic E-state index is 12.2. The van der Waals surface area contributed by atoms with Crippen LogP contribution in [-0.2, 0) is 6.61 Å². The zero-order chi connectivity index (χ0) is 16.6. The van der Waals surface area contributed by atoms with Gasteiger partial charge in [-0.25, -0.2) is 0 Å². The maximum Gasteiger partial charge on any atom is 0.251 e. The highest BCUT2D eigenvalue weighted by Crippen LogP contribution is 2.13. The molecule has 1 fully saturated rings. The number of hydrogen-bond acceptors (Lipinski definition) is 3. The van der Waals surface area contributed by atoms with Crippen molar-refractivity contribution in [1.29, 1.82) is 0 Å². The van der Waals surface area contributed by atoms with E-state index in [1.165, 1.54) is 12.8 Å². The Labute approximate surface area is 143 Å². The molecular weight excluding hydrogens is 300 g/mol. The molecular formula is C20H24N2O2. The lowest BCUT2D eigenvalue weighted by Crippen LogP contribution is -2.38. The summed E-state index contributed by atoms with van der Waals surface area (Å²) in [5.74, 6) is 1.39. The van der Waals surface area contributed by atoms with Crippen LogP contribution in [0.2, 0.25) is 0 Å². The molecule has 4 heteroatoms. The zero-order valence-corrected chi connectivity index (χ0v) is 13.8. The van der Waals surface area contributed by atoms with E-state index in [-0.39, 0.29) is 5.91 Å². The summed E-state index contributed by atoms with van der Waals surface area (Å²) in [4.78, 5) is 12.2. The number of nitrogens with one attached hydrogen (secondary N) is 2. The van der Waals surface area contributed by atoms with Crippen molar-refractivity contribution in [1.82, 2.24) is 10.6 Å². The van der Waals surface area contributed by atoms with Crippen molar-refractivity contribution in [2.24, 2.45) is 5.92 Å². The highest BCUT2D eigenvalue weighted by molar-refractivity contribution is 5.94. The van der Waals surface area contributed by atoms with Crippen LogP contribution >= 0.6 is 0 Å². The van der Waals surface area contributed by atoms with Gasteiger partial charge in [0.15, 0.2) is 0 Å². The Morgan fingerprint density at radius 2 is 1.92 bits per heavy atom. The van der Waals surface area contributed by atoms with Crippen LogP contribution in [0.1, 0.15) is 28.8 Å². The summed E-state index contributed by atoms with van der Waals surface area (Å²) >= 11 is 0. The average Bonchev–Trinajstić information content (AvgIpc) is 2.66. The molecule has 4 nitrogen and oxygen atoms in total. The lowest BCUT2D eigenvalue weighted by atomic mass is 9.99. The van der Waals surface area contributed by atoms with Gasteiger partial charge in [-0.1, -0.05) is 30.3 Å². The summed E-state index contributed by atoms with van der Waals surface area (Å²) in [7, 11) is 0. The molecule has 2 aromatic carbocycles. The number of carbonyl (C=O) groups is 1. The summed E-state index contributed by atoms with van der Waals surface area (Å²) in [6.45, 7) is 3.33. The molecule has 1 unspecified atom stereocenters. The van der Waals surface area contributed by atoms with Crippen LogP contribution in [0.25, 0.3) is 0 Å². The molecule has 2 N–H and O–H groups in total. The van der Waals surface area contributed by atoms with Crippen molar-refractivity contribution in [3.8, 4) is 5.75 Å². The number of ether oxygens (including phenoxy) is 1. The largest absolute Gasteiger partial charge is 0.489 e. The second kappa shape index (κ2) is 8.50. The molecule has 1 saturated heterocycles. The fourth-order valence-corrected chi connectivity index (χ4v) is 2.87. The van der Waals surface area contributed by atoms with Gasteiger partial charge in [-0.3, -0.25) is 4.79 Å². The van der Waals surface area contributed by atoms with Crippen molar-refractivity contribution in [2.45, 2.75) is 19.4 Å². The van der Waals surface area contributed by atoms with E-state index in [1.807, 2.05) is 54.6 Å². The molecule has 126 valence electrons. The summed E-state index contributed by atoms with van der Waals surface area (Å²) in [6.07, 6.45) is 2.37. The van der Waals surface area contributed by atoms with Crippen LogP contribution in [-0.4, -0.2) is 25.5 Å². The molecule has 2 aromatic rings. The molecule has 0 aliphatic carbocycles. The van der Waals surface area contributed by atoms with E-state index in [0.717, 1.165) is 30.9 Å². The van der Waals surface area contributed by atoms with Crippen molar-refractivity contribution < 1.29 is 9.53 Å². The van der Waals surface area contributed by atoms with E-state index in [1.54, 1.807) is 0 Å². The third-order valence-corrected chi connectivity index (χ3v) is 4.32. The maximum absolute atomic E-state index is 12.2. The van der Waals surface area contributed by atoms with E-state index >= 15 is 0 Å². The average molecular weight is 324 g/mol. The van der Waals surface area contributed by atoms with Gasteiger partial charge in [0.05, 0.1) is 0 Å². The topological polar surface area (TPSA) is 50.4 Å². The summed E-state index contributed by atoms with van der Waals surface area (Å²) in [6, 6.07) is 17.3. The van der Waals surface area contributed by atoms with Crippen molar-refractivity contribution in [3.63, 3.8) is 0 Å². The van der Waals surface area contributed by atoms with E-state index in [2.05, 4.69) is 10.6 Å². The van der Waals surface area contributed by atoms with Gasteiger partial charge in [0.25, 0.3) is 5.91 Å². The van der Waals surface area contributed by atoms with Gasteiger partial charge in [0.2, 0.25) is 0 Å².